The Labute approximate surface area is 104 Å². The van der Waals surface area contributed by atoms with Gasteiger partial charge >= 0.3 is 5.97 Å². The van der Waals surface area contributed by atoms with E-state index in [9.17, 15) is 15.0 Å². The highest BCUT2D eigenvalue weighted by molar-refractivity contribution is 5.73. The Kier molecular flexibility index (Phi) is 2.81. The summed E-state index contributed by atoms with van der Waals surface area (Å²) in [5.41, 5.74) is 0.674. The van der Waals surface area contributed by atoms with Gasteiger partial charge in [0.2, 0.25) is 0 Å². The average molecular weight is 250 g/mol. The van der Waals surface area contributed by atoms with Gasteiger partial charge in [-0.15, -0.1) is 0 Å². The number of rotatable bonds is 2. The van der Waals surface area contributed by atoms with Crippen LogP contribution in [0, 0.1) is 0 Å². The van der Waals surface area contributed by atoms with Gasteiger partial charge < -0.3 is 19.7 Å². The van der Waals surface area contributed by atoms with Crippen molar-refractivity contribution in [2.45, 2.75) is 36.9 Å². The molecule has 0 bridgehead atoms. The molecule has 2 aliphatic heterocycles. The monoisotopic (exact) mass is 250 g/mol. The molecule has 0 unspecified atom stereocenters. The van der Waals surface area contributed by atoms with Crippen molar-refractivity contribution in [3.63, 3.8) is 0 Å². The van der Waals surface area contributed by atoms with Crippen molar-refractivity contribution < 1.29 is 24.5 Å². The molecule has 1 aromatic rings. The number of fused-ring (bicyclic) bond motifs is 1. The summed E-state index contributed by atoms with van der Waals surface area (Å²) in [7, 11) is 0. The highest BCUT2D eigenvalue weighted by Gasteiger charge is 2.53. The summed E-state index contributed by atoms with van der Waals surface area (Å²) in [5, 5.41) is 20.2. The van der Waals surface area contributed by atoms with Crippen LogP contribution in [0.1, 0.15) is 18.1 Å². The van der Waals surface area contributed by atoms with Crippen LogP contribution >= 0.6 is 0 Å². The molecule has 1 aromatic carbocycles. The minimum absolute atomic E-state index is 0.139. The highest BCUT2D eigenvalue weighted by Crippen LogP contribution is 2.36. The van der Waals surface area contributed by atoms with E-state index < -0.39 is 30.5 Å². The Bertz CT molecular complexity index is 446. The van der Waals surface area contributed by atoms with Crippen LogP contribution in [0.2, 0.25) is 0 Å². The molecule has 18 heavy (non-hydrogen) atoms. The summed E-state index contributed by atoms with van der Waals surface area (Å²) in [6.45, 7) is 0. The van der Waals surface area contributed by atoms with Crippen LogP contribution in [0.3, 0.4) is 0 Å². The van der Waals surface area contributed by atoms with E-state index in [-0.39, 0.29) is 12.4 Å². The SMILES string of the molecule is O=C1C[C@@H]2O[C@@H]([C@H](O)c3ccccc3)[C@@H](O)[C@@H]2O1. The average Bonchev–Trinajstić information content (AvgIpc) is 2.88. The van der Waals surface area contributed by atoms with Gasteiger partial charge in [-0.3, -0.25) is 4.79 Å². The number of hydrogen-bond donors (Lipinski definition) is 2. The smallest absolute Gasteiger partial charge is 0.309 e. The third-order valence-electron chi connectivity index (χ3n) is 3.46. The molecule has 5 nitrogen and oxygen atoms in total. The molecule has 0 aromatic heterocycles. The lowest BCUT2D eigenvalue weighted by atomic mass is 9.99. The lowest BCUT2D eigenvalue weighted by molar-refractivity contribution is -0.147. The predicted molar refractivity (Wildman–Crippen MR) is 60.6 cm³/mol. The topological polar surface area (TPSA) is 76.0 Å². The highest BCUT2D eigenvalue weighted by atomic mass is 16.6. The van der Waals surface area contributed by atoms with Crippen LogP contribution in [-0.2, 0) is 14.3 Å². The van der Waals surface area contributed by atoms with Gasteiger partial charge in [0.15, 0.2) is 6.10 Å². The van der Waals surface area contributed by atoms with E-state index in [1.807, 2.05) is 6.07 Å². The number of esters is 1. The molecule has 5 heteroatoms. The van der Waals surface area contributed by atoms with Gasteiger partial charge in [0.1, 0.15) is 24.4 Å². The fourth-order valence-corrected chi connectivity index (χ4v) is 2.54. The van der Waals surface area contributed by atoms with E-state index in [1.165, 1.54) is 0 Å². The van der Waals surface area contributed by atoms with Crippen LogP contribution < -0.4 is 0 Å². The largest absolute Gasteiger partial charge is 0.457 e. The van der Waals surface area contributed by atoms with Crippen molar-refractivity contribution >= 4 is 5.97 Å². The number of ether oxygens (including phenoxy) is 2. The Morgan fingerprint density at radius 2 is 2.00 bits per heavy atom. The molecular formula is C13H14O5. The number of carbonyl (C=O) groups excluding carboxylic acids is 1. The lowest BCUT2D eigenvalue weighted by Gasteiger charge is -2.22. The third-order valence-corrected chi connectivity index (χ3v) is 3.46. The first kappa shape index (κ1) is 11.6. The van der Waals surface area contributed by atoms with Gasteiger partial charge in [0.05, 0.1) is 6.42 Å². The molecule has 2 fully saturated rings. The first-order valence-electron chi connectivity index (χ1n) is 5.93. The molecule has 0 spiro atoms. The van der Waals surface area contributed by atoms with Gasteiger partial charge in [-0.1, -0.05) is 30.3 Å². The van der Waals surface area contributed by atoms with Crippen molar-refractivity contribution in [2.24, 2.45) is 0 Å². The molecule has 2 N–H and O–H groups in total. The molecule has 2 heterocycles. The van der Waals surface area contributed by atoms with Crippen molar-refractivity contribution in [2.75, 3.05) is 0 Å². The van der Waals surface area contributed by atoms with Crippen LogP contribution in [0.4, 0.5) is 0 Å². The van der Waals surface area contributed by atoms with Gasteiger partial charge in [-0.2, -0.15) is 0 Å². The van der Waals surface area contributed by atoms with Gasteiger partial charge in [-0.25, -0.2) is 0 Å². The van der Waals surface area contributed by atoms with Crippen molar-refractivity contribution in [1.82, 2.24) is 0 Å². The molecule has 0 aliphatic carbocycles. The summed E-state index contributed by atoms with van der Waals surface area (Å²) in [6.07, 6.45) is -3.63. The van der Waals surface area contributed by atoms with Crippen LogP contribution in [-0.4, -0.2) is 40.6 Å². The summed E-state index contributed by atoms with van der Waals surface area (Å²) < 4.78 is 10.5. The summed E-state index contributed by atoms with van der Waals surface area (Å²) >= 11 is 0. The number of benzene rings is 1. The van der Waals surface area contributed by atoms with Crippen molar-refractivity contribution in [1.29, 1.82) is 0 Å². The first-order chi connectivity index (χ1) is 8.66. The number of carbonyl (C=O) groups is 1. The lowest BCUT2D eigenvalue weighted by Crippen LogP contribution is -2.35. The number of aliphatic hydroxyl groups excluding tert-OH is 2. The second-order valence-electron chi connectivity index (χ2n) is 4.64. The standard InChI is InChI=1S/C13H14O5/c14-9-6-8-12(18-9)11(16)13(17-8)10(15)7-4-2-1-3-5-7/h1-5,8,10-13,15-16H,6H2/t8-,10+,11-,12+,13-/m0/s1. The summed E-state index contributed by atoms with van der Waals surface area (Å²) in [5.74, 6) is -0.364. The second-order valence-corrected chi connectivity index (χ2v) is 4.64. The number of hydrogen-bond acceptors (Lipinski definition) is 5. The Morgan fingerprint density at radius 1 is 1.28 bits per heavy atom. The first-order valence-corrected chi connectivity index (χ1v) is 5.93. The van der Waals surface area contributed by atoms with Gasteiger partial charge in [0.25, 0.3) is 0 Å². The van der Waals surface area contributed by atoms with Crippen LogP contribution in [0.5, 0.6) is 0 Å². The maximum absolute atomic E-state index is 11.1. The Balaban J connectivity index is 1.77. The summed E-state index contributed by atoms with van der Waals surface area (Å²) in [4.78, 5) is 11.1. The van der Waals surface area contributed by atoms with Gasteiger partial charge in [0, 0.05) is 0 Å². The normalized spacial score (nSPS) is 36.2. The molecule has 3 rings (SSSR count). The van der Waals surface area contributed by atoms with E-state index >= 15 is 0 Å². The zero-order valence-electron chi connectivity index (χ0n) is 9.60. The fourth-order valence-electron chi connectivity index (χ4n) is 2.54. The van der Waals surface area contributed by atoms with Crippen LogP contribution in [0.15, 0.2) is 30.3 Å². The van der Waals surface area contributed by atoms with Crippen molar-refractivity contribution in [3.05, 3.63) is 35.9 Å². The molecular weight excluding hydrogens is 236 g/mol. The maximum atomic E-state index is 11.1. The van der Waals surface area contributed by atoms with E-state index in [4.69, 9.17) is 9.47 Å². The molecule has 0 radical (unpaired) electrons. The summed E-state index contributed by atoms with van der Waals surface area (Å²) in [6, 6.07) is 8.99. The van der Waals surface area contributed by atoms with Gasteiger partial charge in [-0.05, 0) is 5.56 Å². The molecule has 0 amide bonds. The predicted octanol–water partition coefficient (Wildman–Crippen LogP) is 0.164. The maximum Gasteiger partial charge on any atom is 0.309 e. The number of aliphatic hydroxyl groups is 2. The Hall–Kier alpha value is -1.43. The van der Waals surface area contributed by atoms with E-state index in [1.54, 1.807) is 24.3 Å². The van der Waals surface area contributed by atoms with Crippen LogP contribution in [0.25, 0.3) is 0 Å². The molecule has 96 valence electrons. The van der Waals surface area contributed by atoms with E-state index in [0.717, 1.165) is 0 Å². The molecule has 0 saturated carbocycles. The molecule has 2 aliphatic rings. The molecule has 5 atom stereocenters. The Morgan fingerprint density at radius 3 is 2.67 bits per heavy atom. The minimum Gasteiger partial charge on any atom is -0.457 e. The third kappa shape index (κ3) is 1.80. The quantitative estimate of drug-likeness (QED) is 0.731. The zero-order valence-corrected chi connectivity index (χ0v) is 9.60. The second kappa shape index (κ2) is 4.35. The zero-order chi connectivity index (χ0) is 12.7. The minimum atomic E-state index is -0.989. The van der Waals surface area contributed by atoms with E-state index in [2.05, 4.69) is 0 Å². The fraction of sp³-hybridized carbons (Fsp3) is 0.462. The molecule has 2 saturated heterocycles. The van der Waals surface area contributed by atoms with Crippen molar-refractivity contribution in [3.8, 4) is 0 Å². The van der Waals surface area contributed by atoms with E-state index in [0.29, 0.717) is 5.56 Å².